The molecule has 0 fully saturated rings. The Morgan fingerprint density at radius 3 is 3.08 bits per heavy atom. The van der Waals surface area contributed by atoms with Crippen LogP contribution in [0, 0.1) is 0 Å². The molecule has 2 aromatic rings. The molecule has 0 aliphatic heterocycles. The molecule has 0 amide bonds. The van der Waals surface area contributed by atoms with Gasteiger partial charge in [0.2, 0.25) is 0 Å². The lowest BCUT2D eigenvalue weighted by atomic mass is 10.4. The summed E-state index contributed by atoms with van der Waals surface area (Å²) in [6, 6.07) is 3.96. The normalized spacial score (nSPS) is 10.9. The van der Waals surface area contributed by atoms with Crippen LogP contribution in [0.4, 0.5) is 0 Å². The zero-order valence-corrected chi connectivity index (χ0v) is 8.53. The quantitative estimate of drug-likeness (QED) is 0.867. The SMILES string of the molecule is OCCc1ncc2ccc(Br)cn12. The van der Waals surface area contributed by atoms with E-state index in [0.717, 1.165) is 15.8 Å². The van der Waals surface area contributed by atoms with E-state index in [-0.39, 0.29) is 6.61 Å². The van der Waals surface area contributed by atoms with E-state index in [4.69, 9.17) is 5.11 Å². The molecule has 0 saturated carbocycles. The van der Waals surface area contributed by atoms with Crippen molar-refractivity contribution in [1.29, 1.82) is 0 Å². The Morgan fingerprint density at radius 2 is 2.31 bits per heavy atom. The van der Waals surface area contributed by atoms with Gasteiger partial charge in [0.1, 0.15) is 5.82 Å². The lowest BCUT2D eigenvalue weighted by Gasteiger charge is -1.99. The van der Waals surface area contributed by atoms with Crippen molar-refractivity contribution in [3.8, 4) is 0 Å². The van der Waals surface area contributed by atoms with Crippen molar-refractivity contribution in [1.82, 2.24) is 9.38 Å². The van der Waals surface area contributed by atoms with E-state index in [1.807, 2.05) is 22.7 Å². The van der Waals surface area contributed by atoms with Crippen LogP contribution in [0.3, 0.4) is 0 Å². The number of aliphatic hydroxyl groups is 1. The van der Waals surface area contributed by atoms with E-state index in [2.05, 4.69) is 20.9 Å². The fraction of sp³-hybridized carbons (Fsp3) is 0.222. The molecule has 0 aliphatic rings. The van der Waals surface area contributed by atoms with Gasteiger partial charge in [-0.05, 0) is 28.1 Å². The standard InChI is InChI=1S/C9H9BrN2O/c10-7-1-2-8-5-11-9(3-4-13)12(8)6-7/h1-2,5-6,13H,3-4H2. The number of hydrogen-bond acceptors (Lipinski definition) is 2. The molecule has 1 N–H and O–H groups in total. The van der Waals surface area contributed by atoms with Crippen LogP contribution in [-0.2, 0) is 6.42 Å². The van der Waals surface area contributed by atoms with E-state index in [1.54, 1.807) is 6.20 Å². The van der Waals surface area contributed by atoms with Crippen molar-refractivity contribution in [3.63, 3.8) is 0 Å². The first-order valence-electron chi connectivity index (χ1n) is 4.03. The Hall–Kier alpha value is -0.870. The van der Waals surface area contributed by atoms with Gasteiger partial charge in [-0.1, -0.05) is 0 Å². The first kappa shape index (κ1) is 8.72. The van der Waals surface area contributed by atoms with Crippen LogP contribution >= 0.6 is 15.9 Å². The summed E-state index contributed by atoms with van der Waals surface area (Å²) in [6.07, 6.45) is 4.34. The van der Waals surface area contributed by atoms with E-state index >= 15 is 0 Å². The molecule has 0 spiro atoms. The molecule has 0 atom stereocenters. The molecule has 0 radical (unpaired) electrons. The summed E-state index contributed by atoms with van der Waals surface area (Å²) < 4.78 is 2.98. The Morgan fingerprint density at radius 1 is 1.46 bits per heavy atom. The van der Waals surface area contributed by atoms with Crippen molar-refractivity contribution >= 4 is 21.4 Å². The number of rotatable bonds is 2. The highest BCUT2D eigenvalue weighted by Crippen LogP contribution is 2.13. The molecule has 4 heteroatoms. The topological polar surface area (TPSA) is 37.5 Å². The van der Waals surface area contributed by atoms with Crippen LogP contribution < -0.4 is 0 Å². The molecule has 2 rings (SSSR count). The van der Waals surface area contributed by atoms with Gasteiger partial charge in [-0.15, -0.1) is 0 Å². The Balaban J connectivity index is 2.58. The van der Waals surface area contributed by atoms with Gasteiger partial charge >= 0.3 is 0 Å². The van der Waals surface area contributed by atoms with Gasteiger partial charge in [0.05, 0.1) is 18.3 Å². The number of aromatic nitrogens is 2. The molecule has 2 aromatic heterocycles. The second kappa shape index (κ2) is 3.47. The minimum atomic E-state index is 0.131. The van der Waals surface area contributed by atoms with Gasteiger partial charge in [-0.2, -0.15) is 0 Å². The zero-order chi connectivity index (χ0) is 9.26. The van der Waals surface area contributed by atoms with E-state index in [1.165, 1.54) is 0 Å². The second-order valence-corrected chi connectivity index (χ2v) is 3.71. The summed E-state index contributed by atoms with van der Waals surface area (Å²) in [5.74, 6) is 0.888. The van der Waals surface area contributed by atoms with Crippen LogP contribution in [0.5, 0.6) is 0 Å². The van der Waals surface area contributed by atoms with Crippen molar-refractivity contribution in [2.24, 2.45) is 0 Å². The van der Waals surface area contributed by atoms with Crippen LogP contribution in [-0.4, -0.2) is 21.1 Å². The van der Waals surface area contributed by atoms with Crippen LogP contribution in [0.1, 0.15) is 5.82 Å². The summed E-state index contributed by atoms with van der Waals surface area (Å²) in [5.41, 5.74) is 1.05. The maximum absolute atomic E-state index is 8.80. The van der Waals surface area contributed by atoms with Gasteiger partial charge < -0.3 is 9.51 Å². The number of imidazole rings is 1. The zero-order valence-electron chi connectivity index (χ0n) is 6.94. The Bertz CT molecular complexity index is 424. The number of hydrogen-bond donors (Lipinski definition) is 1. The van der Waals surface area contributed by atoms with Gasteiger partial charge in [0.15, 0.2) is 0 Å². The fourth-order valence-corrected chi connectivity index (χ4v) is 1.64. The van der Waals surface area contributed by atoms with E-state index in [9.17, 15) is 0 Å². The average Bonchev–Trinajstić information content (AvgIpc) is 2.49. The minimum absolute atomic E-state index is 0.131. The van der Waals surface area contributed by atoms with Crippen LogP contribution in [0.25, 0.3) is 5.52 Å². The molecule has 13 heavy (non-hydrogen) atoms. The third kappa shape index (κ3) is 1.59. The van der Waals surface area contributed by atoms with Crippen LogP contribution in [0.2, 0.25) is 0 Å². The molecule has 2 heterocycles. The molecule has 68 valence electrons. The maximum atomic E-state index is 8.80. The van der Waals surface area contributed by atoms with Gasteiger partial charge in [-0.25, -0.2) is 4.98 Å². The molecule has 0 unspecified atom stereocenters. The highest BCUT2D eigenvalue weighted by Gasteiger charge is 2.02. The van der Waals surface area contributed by atoms with Gasteiger partial charge in [0, 0.05) is 17.1 Å². The van der Waals surface area contributed by atoms with E-state index in [0.29, 0.717) is 6.42 Å². The number of aliphatic hydroxyl groups excluding tert-OH is 1. The lowest BCUT2D eigenvalue weighted by Crippen LogP contribution is -1.97. The fourth-order valence-electron chi connectivity index (χ4n) is 1.30. The smallest absolute Gasteiger partial charge is 0.115 e. The van der Waals surface area contributed by atoms with E-state index < -0.39 is 0 Å². The summed E-state index contributed by atoms with van der Waals surface area (Å²) in [6.45, 7) is 0.131. The van der Waals surface area contributed by atoms with Crippen LogP contribution in [0.15, 0.2) is 29.0 Å². The average molecular weight is 241 g/mol. The molecule has 0 bridgehead atoms. The Labute approximate surface area is 84.2 Å². The monoisotopic (exact) mass is 240 g/mol. The molecule has 0 aromatic carbocycles. The predicted octanol–water partition coefficient (Wildman–Crippen LogP) is 1.63. The molecule has 0 aliphatic carbocycles. The highest BCUT2D eigenvalue weighted by molar-refractivity contribution is 9.10. The second-order valence-electron chi connectivity index (χ2n) is 2.79. The number of pyridine rings is 1. The predicted molar refractivity (Wildman–Crippen MR) is 53.7 cm³/mol. The first-order chi connectivity index (χ1) is 6.31. The third-order valence-corrected chi connectivity index (χ3v) is 2.37. The van der Waals surface area contributed by atoms with Crippen molar-refractivity contribution in [2.45, 2.75) is 6.42 Å². The van der Waals surface area contributed by atoms with Crippen molar-refractivity contribution in [3.05, 3.63) is 34.8 Å². The van der Waals surface area contributed by atoms with Crippen molar-refractivity contribution < 1.29 is 5.11 Å². The molecule has 0 saturated heterocycles. The Kier molecular flexibility index (Phi) is 2.33. The summed E-state index contributed by atoms with van der Waals surface area (Å²) in [7, 11) is 0. The lowest BCUT2D eigenvalue weighted by molar-refractivity contribution is 0.296. The summed E-state index contributed by atoms with van der Waals surface area (Å²) >= 11 is 3.39. The summed E-state index contributed by atoms with van der Waals surface area (Å²) in [4.78, 5) is 4.21. The first-order valence-corrected chi connectivity index (χ1v) is 4.83. The summed E-state index contributed by atoms with van der Waals surface area (Å²) in [5, 5.41) is 8.80. The molecule has 3 nitrogen and oxygen atoms in total. The third-order valence-electron chi connectivity index (χ3n) is 1.90. The molecular weight excluding hydrogens is 232 g/mol. The number of fused-ring (bicyclic) bond motifs is 1. The maximum Gasteiger partial charge on any atom is 0.115 e. The largest absolute Gasteiger partial charge is 0.396 e. The number of nitrogens with zero attached hydrogens (tertiary/aromatic N) is 2. The molecular formula is C9H9BrN2O. The number of halogens is 1. The minimum Gasteiger partial charge on any atom is -0.396 e. The van der Waals surface area contributed by atoms with Gasteiger partial charge in [0.25, 0.3) is 0 Å². The highest BCUT2D eigenvalue weighted by atomic mass is 79.9. The van der Waals surface area contributed by atoms with Gasteiger partial charge in [-0.3, -0.25) is 0 Å². The van der Waals surface area contributed by atoms with Crippen molar-refractivity contribution in [2.75, 3.05) is 6.61 Å².